The molecule has 4 heteroatoms. The van der Waals surface area contributed by atoms with Crippen LogP contribution in [0.3, 0.4) is 0 Å². The number of amides is 1. The van der Waals surface area contributed by atoms with Crippen molar-refractivity contribution in [1.29, 1.82) is 0 Å². The molecule has 2 rings (SSSR count). The molecular formula is C10H18N2O2. The topological polar surface area (TPSA) is 55.6 Å². The molecule has 1 atom stereocenters. The van der Waals surface area contributed by atoms with E-state index in [2.05, 4.69) is 0 Å². The largest absolute Gasteiger partial charge is 0.375 e. The summed E-state index contributed by atoms with van der Waals surface area (Å²) >= 11 is 0. The van der Waals surface area contributed by atoms with Crippen LogP contribution in [0.1, 0.15) is 26.2 Å². The Morgan fingerprint density at radius 1 is 1.57 bits per heavy atom. The molecule has 1 saturated heterocycles. The predicted molar refractivity (Wildman–Crippen MR) is 52.8 cm³/mol. The van der Waals surface area contributed by atoms with Crippen LogP contribution in [0, 0.1) is 0 Å². The molecule has 2 fully saturated rings. The highest BCUT2D eigenvalue weighted by Gasteiger charge is 2.43. The first-order chi connectivity index (χ1) is 6.62. The number of rotatable bonds is 1. The summed E-state index contributed by atoms with van der Waals surface area (Å²) in [5, 5.41) is 0. The van der Waals surface area contributed by atoms with E-state index in [0.29, 0.717) is 19.7 Å². The number of carbonyl (C=O) groups is 1. The van der Waals surface area contributed by atoms with E-state index in [1.54, 1.807) is 0 Å². The molecule has 2 aliphatic rings. The van der Waals surface area contributed by atoms with Gasteiger partial charge in [-0.15, -0.1) is 0 Å². The molecule has 1 saturated carbocycles. The van der Waals surface area contributed by atoms with Gasteiger partial charge in [0.15, 0.2) is 0 Å². The average Bonchev–Trinajstić information content (AvgIpc) is 2.13. The van der Waals surface area contributed by atoms with Crippen LogP contribution in [0.2, 0.25) is 0 Å². The first kappa shape index (κ1) is 9.93. The Balaban J connectivity index is 1.96. The zero-order valence-electron chi connectivity index (χ0n) is 8.66. The highest BCUT2D eigenvalue weighted by molar-refractivity contribution is 5.87. The number of ether oxygens (including phenoxy) is 1. The zero-order valence-corrected chi connectivity index (χ0v) is 8.66. The van der Waals surface area contributed by atoms with E-state index in [-0.39, 0.29) is 12.0 Å². The van der Waals surface area contributed by atoms with Gasteiger partial charge in [-0.05, 0) is 26.2 Å². The van der Waals surface area contributed by atoms with Gasteiger partial charge in [-0.25, -0.2) is 0 Å². The minimum atomic E-state index is -0.545. The molecule has 4 nitrogen and oxygen atoms in total. The summed E-state index contributed by atoms with van der Waals surface area (Å²) in [4.78, 5) is 13.8. The Hall–Kier alpha value is -0.610. The van der Waals surface area contributed by atoms with Crippen molar-refractivity contribution in [1.82, 2.24) is 4.90 Å². The molecule has 1 amide bonds. The Morgan fingerprint density at radius 3 is 2.79 bits per heavy atom. The zero-order chi connectivity index (χ0) is 10.2. The first-order valence-electron chi connectivity index (χ1n) is 5.32. The standard InChI is InChI=1S/C10H18N2O2/c1-8-7-12(5-6-14-8)9(13)10(11)3-2-4-10/h8H,2-7,11H2,1H3. The molecule has 1 aliphatic heterocycles. The van der Waals surface area contributed by atoms with E-state index >= 15 is 0 Å². The van der Waals surface area contributed by atoms with Crippen LogP contribution in [0.5, 0.6) is 0 Å². The summed E-state index contributed by atoms with van der Waals surface area (Å²) in [7, 11) is 0. The van der Waals surface area contributed by atoms with Crippen molar-refractivity contribution in [2.45, 2.75) is 37.8 Å². The maximum Gasteiger partial charge on any atom is 0.242 e. The number of nitrogens with zero attached hydrogens (tertiary/aromatic N) is 1. The van der Waals surface area contributed by atoms with Gasteiger partial charge in [0.25, 0.3) is 0 Å². The second kappa shape index (κ2) is 3.51. The molecule has 14 heavy (non-hydrogen) atoms. The van der Waals surface area contributed by atoms with Gasteiger partial charge in [-0.3, -0.25) is 4.79 Å². The molecule has 0 spiro atoms. The Morgan fingerprint density at radius 2 is 2.29 bits per heavy atom. The van der Waals surface area contributed by atoms with Crippen molar-refractivity contribution < 1.29 is 9.53 Å². The molecule has 0 aromatic carbocycles. The highest BCUT2D eigenvalue weighted by atomic mass is 16.5. The maximum absolute atomic E-state index is 12.0. The summed E-state index contributed by atoms with van der Waals surface area (Å²) in [5.41, 5.74) is 5.45. The van der Waals surface area contributed by atoms with Gasteiger partial charge in [-0.1, -0.05) is 0 Å². The minimum Gasteiger partial charge on any atom is -0.375 e. The third-order valence-corrected chi connectivity index (χ3v) is 3.20. The van der Waals surface area contributed by atoms with Crippen LogP contribution in [0.4, 0.5) is 0 Å². The second-order valence-corrected chi connectivity index (χ2v) is 4.44. The number of morpholine rings is 1. The van der Waals surface area contributed by atoms with E-state index in [0.717, 1.165) is 19.3 Å². The fourth-order valence-electron chi connectivity index (χ4n) is 2.09. The number of hydrogen-bond acceptors (Lipinski definition) is 3. The van der Waals surface area contributed by atoms with Crippen LogP contribution in [0.25, 0.3) is 0 Å². The first-order valence-corrected chi connectivity index (χ1v) is 5.32. The Bertz CT molecular complexity index is 238. The summed E-state index contributed by atoms with van der Waals surface area (Å²) in [6.07, 6.45) is 2.92. The lowest BCUT2D eigenvalue weighted by Gasteiger charge is -2.42. The third kappa shape index (κ3) is 1.64. The molecule has 0 radical (unpaired) electrons. The molecule has 80 valence electrons. The van der Waals surface area contributed by atoms with Crippen molar-refractivity contribution >= 4 is 5.91 Å². The lowest BCUT2D eigenvalue weighted by atomic mass is 9.76. The van der Waals surface area contributed by atoms with Crippen molar-refractivity contribution in [3.8, 4) is 0 Å². The van der Waals surface area contributed by atoms with Crippen LogP contribution < -0.4 is 5.73 Å². The molecule has 0 aromatic heterocycles. The summed E-state index contributed by atoms with van der Waals surface area (Å²) < 4.78 is 5.39. The normalized spacial score (nSPS) is 31.0. The highest BCUT2D eigenvalue weighted by Crippen LogP contribution is 2.31. The number of carbonyl (C=O) groups excluding carboxylic acids is 1. The SMILES string of the molecule is CC1CN(C(=O)C2(N)CCC2)CCO1. The molecule has 2 N–H and O–H groups in total. The smallest absolute Gasteiger partial charge is 0.242 e. The van der Waals surface area contributed by atoms with Crippen molar-refractivity contribution in [3.05, 3.63) is 0 Å². The van der Waals surface area contributed by atoms with E-state index in [1.807, 2.05) is 11.8 Å². The maximum atomic E-state index is 12.0. The fraction of sp³-hybridized carbons (Fsp3) is 0.900. The summed E-state index contributed by atoms with van der Waals surface area (Å²) in [6.45, 7) is 4.02. The summed E-state index contributed by atoms with van der Waals surface area (Å²) in [6, 6.07) is 0. The van der Waals surface area contributed by atoms with Crippen molar-refractivity contribution in [3.63, 3.8) is 0 Å². The quantitative estimate of drug-likeness (QED) is 0.651. The molecule has 1 aliphatic carbocycles. The average molecular weight is 198 g/mol. The molecular weight excluding hydrogens is 180 g/mol. The van der Waals surface area contributed by atoms with E-state index < -0.39 is 5.54 Å². The van der Waals surface area contributed by atoms with Crippen molar-refractivity contribution in [2.24, 2.45) is 5.73 Å². The van der Waals surface area contributed by atoms with E-state index in [1.165, 1.54) is 0 Å². The monoisotopic (exact) mass is 198 g/mol. The lowest BCUT2D eigenvalue weighted by Crippen LogP contribution is -2.61. The number of hydrogen-bond donors (Lipinski definition) is 1. The number of nitrogens with two attached hydrogens (primary N) is 1. The molecule has 0 bridgehead atoms. The fourth-order valence-corrected chi connectivity index (χ4v) is 2.09. The van der Waals surface area contributed by atoms with Gasteiger partial charge in [0, 0.05) is 13.1 Å². The van der Waals surface area contributed by atoms with Crippen LogP contribution in [-0.4, -0.2) is 42.1 Å². The summed E-state index contributed by atoms with van der Waals surface area (Å²) in [5.74, 6) is 0.124. The van der Waals surface area contributed by atoms with Crippen molar-refractivity contribution in [2.75, 3.05) is 19.7 Å². The van der Waals surface area contributed by atoms with Gasteiger partial charge >= 0.3 is 0 Å². The van der Waals surface area contributed by atoms with Crippen LogP contribution in [0.15, 0.2) is 0 Å². The predicted octanol–water partition coefficient (Wildman–Crippen LogP) is 0.115. The van der Waals surface area contributed by atoms with Gasteiger partial charge in [0.2, 0.25) is 5.91 Å². The van der Waals surface area contributed by atoms with Crippen LogP contribution in [-0.2, 0) is 9.53 Å². The molecule has 1 heterocycles. The Labute approximate surface area is 84.4 Å². The molecule has 0 aromatic rings. The Kier molecular flexibility index (Phi) is 2.49. The van der Waals surface area contributed by atoms with E-state index in [4.69, 9.17) is 10.5 Å². The van der Waals surface area contributed by atoms with Gasteiger partial charge in [-0.2, -0.15) is 0 Å². The molecule has 1 unspecified atom stereocenters. The lowest BCUT2D eigenvalue weighted by molar-refractivity contribution is -0.147. The van der Waals surface area contributed by atoms with E-state index in [9.17, 15) is 4.79 Å². The minimum absolute atomic E-state index is 0.124. The van der Waals surface area contributed by atoms with Crippen LogP contribution >= 0.6 is 0 Å². The third-order valence-electron chi connectivity index (χ3n) is 3.20. The van der Waals surface area contributed by atoms with Gasteiger partial charge in [0.05, 0.1) is 18.2 Å². The van der Waals surface area contributed by atoms with Gasteiger partial charge in [0.1, 0.15) is 0 Å². The van der Waals surface area contributed by atoms with Gasteiger partial charge < -0.3 is 15.4 Å². The second-order valence-electron chi connectivity index (χ2n) is 4.44.